The van der Waals surface area contributed by atoms with Crippen molar-refractivity contribution in [1.29, 1.82) is 0 Å². The molecule has 0 saturated heterocycles. The average Bonchev–Trinajstić information content (AvgIpc) is 2.63. The third-order valence-corrected chi connectivity index (χ3v) is 1.40. The van der Waals surface area contributed by atoms with E-state index in [2.05, 4.69) is 0 Å². The molecule has 0 fully saturated rings. The first kappa shape index (κ1) is 15.3. The molecule has 1 aliphatic heterocycles. The standard InChI is InChI=1S/C7H13O4.H2O4S/c1-8-7(9-2)11-6-4-3-5-10-6;1-5(2,3)4/h7H,3-5H2,1-2H3;(H2,1,2,3,4)/q+1;/p-1. The molecule has 1 heterocycles. The zero-order valence-corrected chi connectivity index (χ0v) is 9.73. The fourth-order valence-electron chi connectivity index (χ4n) is 0.867. The molecule has 9 heteroatoms. The molecule has 0 saturated carbocycles. The zero-order chi connectivity index (χ0) is 12.6. The van der Waals surface area contributed by atoms with E-state index in [4.69, 9.17) is 36.2 Å². The summed E-state index contributed by atoms with van der Waals surface area (Å²) in [7, 11) is -1.88. The van der Waals surface area contributed by atoms with Gasteiger partial charge >= 0.3 is 12.4 Å². The van der Waals surface area contributed by atoms with Gasteiger partial charge < -0.3 is 8.98 Å². The number of hydrogen-bond acceptors (Lipinski definition) is 6. The first-order valence-corrected chi connectivity index (χ1v) is 5.62. The molecule has 1 N–H and O–H groups in total. The van der Waals surface area contributed by atoms with Crippen LogP contribution in [0.5, 0.6) is 0 Å². The van der Waals surface area contributed by atoms with Crippen LogP contribution in [0.1, 0.15) is 12.8 Å². The van der Waals surface area contributed by atoms with E-state index in [0.29, 0.717) is 5.97 Å². The second-order valence-corrected chi connectivity index (χ2v) is 3.49. The number of hydrogen-bond donors (Lipinski definition) is 1. The molecule has 0 amide bonds. The van der Waals surface area contributed by atoms with Gasteiger partial charge in [0.15, 0.2) is 6.61 Å². The lowest BCUT2D eigenvalue weighted by atomic mass is 10.4. The zero-order valence-electron chi connectivity index (χ0n) is 8.91. The highest BCUT2D eigenvalue weighted by Crippen LogP contribution is 2.04. The molecule has 1 aliphatic rings. The summed E-state index contributed by atoms with van der Waals surface area (Å²) in [6, 6.07) is 0. The quantitative estimate of drug-likeness (QED) is 0.237. The minimum Gasteiger partial charge on any atom is -0.726 e. The SMILES string of the molecule is COC(OC)OC1=[O+]CCC1.O=S(=O)([O-])O. The summed E-state index contributed by atoms with van der Waals surface area (Å²) in [5.74, 6) is 0.610. The summed E-state index contributed by atoms with van der Waals surface area (Å²) in [5.41, 5.74) is 0. The van der Waals surface area contributed by atoms with Crippen LogP contribution >= 0.6 is 0 Å². The second kappa shape index (κ2) is 7.52. The Morgan fingerprint density at radius 2 is 1.94 bits per heavy atom. The van der Waals surface area contributed by atoms with Crippen molar-refractivity contribution in [1.82, 2.24) is 0 Å². The molecule has 0 aromatic rings. The Hall–Kier alpha value is -0.740. The molecule has 0 atom stereocenters. The van der Waals surface area contributed by atoms with Gasteiger partial charge in [-0.05, 0) is 0 Å². The van der Waals surface area contributed by atoms with Crippen LogP contribution in [0.2, 0.25) is 0 Å². The largest absolute Gasteiger partial charge is 0.726 e. The van der Waals surface area contributed by atoms with Gasteiger partial charge in [-0.25, -0.2) is 8.42 Å². The van der Waals surface area contributed by atoms with Crippen molar-refractivity contribution in [3.05, 3.63) is 0 Å². The Balaban J connectivity index is 0.000000385. The fourth-order valence-corrected chi connectivity index (χ4v) is 0.867. The highest BCUT2D eigenvalue weighted by Gasteiger charge is 2.26. The predicted octanol–water partition coefficient (Wildman–Crippen LogP) is -0.560. The van der Waals surface area contributed by atoms with E-state index in [1.165, 1.54) is 14.2 Å². The van der Waals surface area contributed by atoms with Crippen LogP contribution in [0.3, 0.4) is 0 Å². The van der Waals surface area contributed by atoms with Gasteiger partial charge in [-0.15, -0.1) is 0 Å². The van der Waals surface area contributed by atoms with E-state index in [-0.39, 0.29) is 0 Å². The number of carbonyl (C=O) groups excluding carboxylic acids is 1. The summed E-state index contributed by atoms with van der Waals surface area (Å²) in [6.07, 6.45) is 1.85. The van der Waals surface area contributed by atoms with Crippen LogP contribution < -0.4 is 0 Å². The lowest BCUT2D eigenvalue weighted by Crippen LogP contribution is -2.21. The molecule has 0 radical (unpaired) electrons. The maximum absolute atomic E-state index is 8.63. The second-order valence-electron chi connectivity index (χ2n) is 2.63. The molecular formula is C7H14O8S. The van der Waals surface area contributed by atoms with Crippen molar-refractivity contribution in [3.63, 3.8) is 0 Å². The van der Waals surface area contributed by atoms with Gasteiger partial charge in [0.2, 0.25) is 10.4 Å². The van der Waals surface area contributed by atoms with E-state index >= 15 is 0 Å². The number of esters is 1. The van der Waals surface area contributed by atoms with E-state index < -0.39 is 16.9 Å². The van der Waals surface area contributed by atoms with Crippen molar-refractivity contribution in [3.8, 4) is 0 Å². The van der Waals surface area contributed by atoms with Gasteiger partial charge in [0.05, 0.1) is 0 Å². The average molecular weight is 258 g/mol. The molecule has 0 unspecified atom stereocenters. The third-order valence-electron chi connectivity index (χ3n) is 1.40. The van der Waals surface area contributed by atoms with Crippen molar-refractivity contribution < 1.29 is 36.2 Å². The molecule has 1 rings (SSSR count). The summed E-state index contributed by atoms with van der Waals surface area (Å²) in [4.78, 5) is 0. The summed E-state index contributed by atoms with van der Waals surface area (Å²) < 4.78 is 52.7. The van der Waals surface area contributed by atoms with Crippen LogP contribution in [-0.2, 0) is 29.0 Å². The molecule has 16 heavy (non-hydrogen) atoms. The minimum absolute atomic E-state index is 0.610. The Labute approximate surface area is 93.4 Å². The number of methoxy groups -OCH3 is 2. The van der Waals surface area contributed by atoms with Crippen molar-refractivity contribution >= 4 is 16.4 Å². The van der Waals surface area contributed by atoms with E-state index in [0.717, 1.165) is 19.4 Å². The van der Waals surface area contributed by atoms with Crippen molar-refractivity contribution in [2.24, 2.45) is 0 Å². The van der Waals surface area contributed by atoms with Crippen LogP contribution in [0.4, 0.5) is 0 Å². The summed E-state index contributed by atoms with van der Waals surface area (Å²) in [5, 5.41) is 0. The Bertz CT molecular complexity index is 296. The van der Waals surface area contributed by atoms with E-state index in [9.17, 15) is 0 Å². The van der Waals surface area contributed by atoms with Crippen LogP contribution in [-0.4, -0.2) is 50.8 Å². The normalized spacial score (nSPS) is 15.4. The first-order chi connectivity index (χ1) is 7.36. The van der Waals surface area contributed by atoms with Gasteiger partial charge in [0.25, 0.3) is 0 Å². The summed E-state index contributed by atoms with van der Waals surface area (Å²) >= 11 is 0. The first-order valence-electron chi connectivity index (χ1n) is 4.26. The maximum Gasteiger partial charge on any atom is 0.489 e. The van der Waals surface area contributed by atoms with Crippen molar-refractivity contribution in [2.75, 3.05) is 20.8 Å². The molecule has 0 bridgehead atoms. The number of rotatable bonds is 3. The highest BCUT2D eigenvalue weighted by atomic mass is 32.3. The fraction of sp³-hybridized carbons (Fsp3) is 0.857. The van der Waals surface area contributed by atoms with Gasteiger partial charge in [-0.1, -0.05) is 0 Å². The maximum atomic E-state index is 8.63. The van der Waals surface area contributed by atoms with Crippen molar-refractivity contribution in [2.45, 2.75) is 19.3 Å². The lowest BCUT2D eigenvalue weighted by molar-refractivity contribution is -0.462. The van der Waals surface area contributed by atoms with Crippen LogP contribution in [0, 0.1) is 0 Å². The lowest BCUT2D eigenvalue weighted by Gasteiger charge is -2.04. The molecule has 0 spiro atoms. The third kappa shape index (κ3) is 9.80. The molecule has 0 aromatic carbocycles. The topological polar surface area (TPSA) is 116 Å². The van der Waals surface area contributed by atoms with Gasteiger partial charge in [-0.2, -0.15) is 0 Å². The molecular weight excluding hydrogens is 244 g/mol. The Morgan fingerprint density at radius 3 is 2.25 bits per heavy atom. The van der Waals surface area contributed by atoms with Gasteiger partial charge in [0.1, 0.15) is 6.42 Å². The van der Waals surface area contributed by atoms with Gasteiger partial charge in [-0.3, -0.25) is 18.8 Å². The molecule has 8 nitrogen and oxygen atoms in total. The number of ether oxygens (including phenoxy) is 3. The van der Waals surface area contributed by atoms with E-state index in [1.54, 1.807) is 0 Å². The Morgan fingerprint density at radius 1 is 1.44 bits per heavy atom. The highest BCUT2D eigenvalue weighted by molar-refractivity contribution is 7.79. The Kier molecular flexibility index (Phi) is 7.17. The summed E-state index contributed by atoms with van der Waals surface area (Å²) in [6.45, 7) is 0.0956. The van der Waals surface area contributed by atoms with E-state index in [1.807, 2.05) is 0 Å². The van der Waals surface area contributed by atoms with Crippen LogP contribution in [0.25, 0.3) is 0 Å². The predicted molar refractivity (Wildman–Crippen MR) is 50.3 cm³/mol. The minimum atomic E-state index is -4.92. The molecule has 96 valence electrons. The smallest absolute Gasteiger partial charge is 0.489 e. The monoisotopic (exact) mass is 258 g/mol. The molecule has 0 aromatic heterocycles. The molecule has 0 aliphatic carbocycles. The van der Waals surface area contributed by atoms with Crippen LogP contribution in [0.15, 0.2) is 0 Å². The van der Waals surface area contributed by atoms with Gasteiger partial charge in [0, 0.05) is 20.6 Å².